The molecule has 0 saturated heterocycles. The van der Waals surface area contributed by atoms with Gasteiger partial charge in [0.05, 0.1) is 0 Å². The van der Waals surface area contributed by atoms with Crippen molar-refractivity contribution in [2.75, 3.05) is 0 Å². The number of rotatable bonds is 2. The molecule has 0 saturated carbocycles. The molecule has 1 aromatic rings. The van der Waals surface area contributed by atoms with Crippen LogP contribution in [0.15, 0.2) is 29.8 Å². The van der Waals surface area contributed by atoms with Crippen LogP contribution in [0.3, 0.4) is 0 Å². The number of hydrogen-bond acceptors (Lipinski definition) is 0. The van der Waals surface area contributed by atoms with Gasteiger partial charge in [0.15, 0.2) is 0 Å². The predicted octanol–water partition coefficient (Wildman–Crippen LogP) is 3.26. The number of halogens is 3. The summed E-state index contributed by atoms with van der Waals surface area (Å²) in [5.74, 6) is -1.10. The monoisotopic (exact) mass is 188 g/mol. The van der Waals surface area contributed by atoms with Crippen molar-refractivity contribution in [3.63, 3.8) is 0 Å². The molecule has 3 heteroatoms. The Labute approximate surface area is 74.5 Å². The molecule has 64 valence electrons. The van der Waals surface area contributed by atoms with E-state index in [1.165, 1.54) is 17.7 Å². The second-order valence-corrected chi connectivity index (χ2v) is 2.55. The summed E-state index contributed by atoms with van der Waals surface area (Å²) in [5, 5.41) is 0. The Balaban J connectivity index is 2.86. The molecule has 0 bridgehead atoms. The highest BCUT2D eigenvalue weighted by Crippen LogP contribution is 2.10. The highest BCUT2D eigenvalue weighted by molar-refractivity contribution is 6.25. The Morgan fingerprint density at radius 3 is 2.67 bits per heavy atom. The molecule has 0 aliphatic heterocycles. The molecule has 0 radical (unpaired) electrons. The Morgan fingerprint density at radius 1 is 1.33 bits per heavy atom. The first-order valence-corrected chi connectivity index (χ1v) is 3.87. The summed E-state index contributed by atoms with van der Waals surface area (Å²) < 4.78 is 25.2. The zero-order chi connectivity index (χ0) is 8.97. The van der Waals surface area contributed by atoms with Crippen molar-refractivity contribution in [1.82, 2.24) is 0 Å². The first kappa shape index (κ1) is 9.20. The van der Waals surface area contributed by atoms with Gasteiger partial charge in [-0.3, -0.25) is 0 Å². The summed E-state index contributed by atoms with van der Waals surface area (Å²) in [7, 11) is 0. The molecule has 0 nitrogen and oxygen atoms in total. The van der Waals surface area contributed by atoms with Gasteiger partial charge >= 0.3 is 0 Å². The molecule has 0 aromatic heterocycles. The maximum absolute atomic E-state index is 12.9. The largest absolute Gasteiger partial charge is 0.207 e. The van der Waals surface area contributed by atoms with Crippen molar-refractivity contribution in [1.29, 1.82) is 0 Å². The fraction of sp³-hybridized carbons (Fsp3) is 0.111. The third-order valence-corrected chi connectivity index (χ3v) is 1.62. The third kappa shape index (κ3) is 2.31. The minimum absolute atomic E-state index is 0.385. The second-order valence-electron chi connectivity index (χ2n) is 2.30. The van der Waals surface area contributed by atoms with E-state index in [1.54, 1.807) is 6.08 Å². The quantitative estimate of drug-likeness (QED) is 0.668. The van der Waals surface area contributed by atoms with Crippen LogP contribution in [0.4, 0.5) is 8.78 Å². The van der Waals surface area contributed by atoms with Crippen LogP contribution in [0, 0.1) is 11.6 Å². The Hall–Kier alpha value is -0.890. The first-order valence-electron chi connectivity index (χ1n) is 3.43. The molecule has 0 atom stereocenters. The Kier molecular flexibility index (Phi) is 3.23. The summed E-state index contributed by atoms with van der Waals surface area (Å²) in [5.41, 5.74) is 1.75. The molecular formula is C9H7ClF2. The lowest BCUT2D eigenvalue weighted by molar-refractivity contribution is 0.575. The van der Waals surface area contributed by atoms with Gasteiger partial charge in [0.2, 0.25) is 0 Å². The number of benzene rings is 1. The molecule has 1 rings (SSSR count). The second kappa shape index (κ2) is 4.21. The SMILES string of the molecule is Fc1ccc(C/C=C/Cl)c(F)c1. The minimum Gasteiger partial charge on any atom is -0.207 e. The average Bonchev–Trinajstić information content (AvgIpc) is 2.03. The van der Waals surface area contributed by atoms with Gasteiger partial charge in [-0.1, -0.05) is 23.7 Å². The van der Waals surface area contributed by atoms with Crippen molar-refractivity contribution in [3.8, 4) is 0 Å². The molecular weight excluding hydrogens is 182 g/mol. The fourth-order valence-electron chi connectivity index (χ4n) is 0.859. The average molecular weight is 189 g/mol. The Morgan fingerprint density at radius 2 is 2.08 bits per heavy atom. The van der Waals surface area contributed by atoms with Crippen LogP contribution in [0.2, 0.25) is 0 Å². The van der Waals surface area contributed by atoms with Gasteiger partial charge in [0.1, 0.15) is 11.6 Å². The van der Waals surface area contributed by atoms with Crippen LogP contribution in [0.5, 0.6) is 0 Å². The number of hydrogen-bond donors (Lipinski definition) is 0. The highest BCUT2D eigenvalue weighted by Gasteiger charge is 2.00. The van der Waals surface area contributed by atoms with Crippen molar-refractivity contribution in [3.05, 3.63) is 47.0 Å². The van der Waals surface area contributed by atoms with Crippen LogP contribution in [-0.2, 0) is 6.42 Å². The summed E-state index contributed by atoms with van der Waals surface area (Å²) in [6, 6.07) is 3.49. The fourth-order valence-corrected chi connectivity index (χ4v) is 0.948. The minimum atomic E-state index is -0.564. The predicted molar refractivity (Wildman–Crippen MR) is 45.1 cm³/mol. The van der Waals surface area contributed by atoms with Crippen LogP contribution >= 0.6 is 11.6 Å². The van der Waals surface area contributed by atoms with Gasteiger partial charge in [0, 0.05) is 11.6 Å². The first-order chi connectivity index (χ1) is 5.74. The van der Waals surface area contributed by atoms with Crippen LogP contribution < -0.4 is 0 Å². The summed E-state index contributed by atoms with van der Waals surface area (Å²) >= 11 is 5.26. The number of allylic oxidation sites excluding steroid dienone is 1. The molecule has 0 spiro atoms. The van der Waals surface area contributed by atoms with E-state index in [2.05, 4.69) is 0 Å². The standard InChI is InChI=1S/C9H7ClF2/c10-5-1-2-7-3-4-8(11)6-9(7)12/h1,3-6H,2H2/b5-1+. The molecule has 12 heavy (non-hydrogen) atoms. The van der Waals surface area contributed by atoms with Crippen LogP contribution in [0.25, 0.3) is 0 Å². The topological polar surface area (TPSA) is 0 Å². The van der Waals surface area contributed by atoms with Gasteiger partial charge in [-0.05, 0) is 18.1 Å². The summed E-state index contributed by atoms with van der Waals surface area (Å²) in [6.07, 6.45) is 1.98. The molecule has 0 N–H and O–H groups in total. The van der Waals surface area contributed by atoms with Crippen molar-refractivity contribution in [2.24, 2.45) is 0 Å². The maximum Gasteiger partial charge on any atom is 0.129 e. The zero-order valence-corrected chi connectivity index (χ0v) is 6.98. The Bertz CT molecular complexity index is 295. The maximum atomic E-state index is 12.9. The van der Waals surface area contributed by atoms with Gasteiger partial charge in [0.25, 0.3) is 0 Å². The van der Waals surface area contributed by atoms with Crippen molar-refractivity contribution < 1.29 is 8.78 Å². The van der Waals surface area contributed by atoms with E-state index >= 15 is 0 Å². The molecule has 0 aliphatic carbocycles. The lowest BCUT2D eigenvalue weighted by atomic mass is 10.1. The van der Waals surface area contributed by atoms with Crippen molar-refractivity contribution >= 4 is 11.6 Å². The van der Waals surface area contributed by atoms with E-state index in [-0.39, 0.29) is 0 Å². The van der Waals surface area contributed by atoms with Gasteiger partial charge in [-0.25, -0.2) is 8.78 Å². The van der Waals surface area contributed by atoms with E-state index in [9.17, 15) is 8.78 Å². The molecule has 0 unspecified atom stereocenters. The van der Waals surface area contributed by atoms with Gasteiger partial charge in [-0.2, -0.15) is 0 Å². The van der Waals surface area contributed by atoms with Gasteiger partial charge < -0.3 is 0 Å². The molecule has 0 aliphatic rings. The van der Waals surface area contributed by atoms with Crippen LogP contribution in [-0.4, -0.2) is 0 Å². The lowest BCUT2D eigenvalue weighted by Gasteiger charge is -1.97. The summed E-state index contributed by atoms with van der Waals surface area (Å²) in [6.45, 7) is 0. The normalized spacial score (nSPS) is 10.9. The van der Waals surface area contributed by atoms with E-state index in [1.807, 2.05) is 0 Å². The lowest BCUT2D eigenvalue weighted by Crippen LogP contribution is -1.88. The molecule has 0 amide bonds. The van der Waals surface area contributed by atoms with Crippen LogP contribution in [0.1, 0.15) is 5.56 Å². The summed E-state index contributed by atoms with van der Waals surface area (Å²) in [4.78, 5) is 0. The van der Waals surface area contributed by atoms with Crippen molar-refractivity contribution in [2.45, 2.75) is 6.42 Å². The zero-order valence-electron chi connectivity index (χ0n) is 6.23. The van der Waals surface area contributed by atoms with Gasteiger partial charge in [-0.15, -0.1) is 0 Å². The van der Waals surface area contributed by atoms with E-state index in [0.29, 0.717) is 12.0 Å². The van der Waals surface area contributed by atoms with E-state index in [4.69, 9.17) is 11.6 Å². The molecule has 1 aromatic carbocycles. The van der Waals surface area contributed by atoms with E-state index in [0.717, 1.165) is 6.07 Å². The molecule has 0 heterocycles. The third-order valence-electron chi connectivity index (χ3n) is 1.44. The smallest absolute Gasteiger partial charge is 0.129 e. The highest BCUT2D eigenvalue weighted by atomic mass is 35.5. The van der Waals surface area contributed by atoms with E-state index < -0.39 is 11.6 Å². The molecule has 0 fully saturated rings.